The van der Waals surface area contributed by atoms with Crippen molar-refractivity contribution in [2.75, 3.05) is 0 Å². The second-order valence-electron chi connectivity index (χ2n) is 6.74. The summed E-state index contributed by atoms with van der Waals surface area (Å²) >= 11 is 0. The summed E-state index contributed by atoms with van der Waals surface area (Å²) in [5.41, 5.74) is 0. The first kappa shape index (κ1) is 13.1. The molecule has 0 aromatic rings. The van der Waals surface area contributed by atoms with Crippen molar-refractivity contribution in [3.05, 3.63) is 0 Å². The highest BCUT2D eigenvalue weighted by atomic mass is 16.2. The van der Waals surface area contributed by atoms with Crippen molar-refractivity contribution in [1.82, 2.24) is 5.32 Å². The molecule has 3 nitrogen and oxygen atoms in total. The number of nitrogens with one attached hydrogen (secondary N) is 1. The van der Waals surface area contributed by atoms with Crippen LogP contribution in [0.15, 0.2) is 0 Å². The molecule has 3 aliphatic rings. The van der Waals surface area contributed by atoms with E-state index in [0.717, 1.165) is 38.5 Å². The van der Waals surface area contributed by atoms with Crippen molar-refractivity contribution >= 4 is 11.7 Å². The third-order valence-electron chi connectivity index (χ3n) is 5.37. The number of amides is 1. The highest BCUT2D eigenvalue weighted by Gasteiger charge is 2.41. The molecule has 0 spiro atoms. The van der Waals surface area contributed by atoms with Crippen LogP contribution in [0.1, 0.15) is 64.2 Å². The minimum atomic E-state index is 0.106. The van der Waals surface area contributed by atoms with E-state index in [1.54, 1.807) is 0 Å². The number of carbonyl (C=O) groups excluding carboxylic acids is 2. The molecule has 3 aliphatic carbocycles. The fraction of sp³-hybridized carbons (Fsp3) is 0.875. The van der Waals surface area contributed by atoms with E-state index in [1.807, 2.05) is 0 Å². The maximum Gasteiger partial charge on any atom is 0.223 e. The maximum absolute atomic E-state index is 12.4. The second-order valence-corrected chi connectivity index (χ2v) is 6.74. The summed E-state index contributed by atoms with van der Waals surface area (Å²) in [6.07, 6.45) is 10.9. The molecule has 0 aromatic carbocycles. The molecular formula is C16H25NO2. The van der Waals surface area contributed by atoms with Gasteiger partial charge in [-0.2, -0.15) is 0 Å². The van der Waals surface area contributed by atoms with Crippen molar-refractivity contribution in [3.8, 4) is 0 Å². The number of hydrogen-bond acceptors (Lipinski definition) is 2. The number of fused-ring (bicyclic) bond motifs is 2. The topological polar surface area (TPSA) is 46.2 Å². The smallest absolute Gasteiger partial charge is 0.223 e. The summed E-state index contributed by atoms with van der Waals surface area (Å²) in [7, 11) is 0. The van der Waals surface area contributed by atoms with Gasteiger partial charge in [0.05, 0.1) is 0 Å². The van der Waals surface area contributed by atoms with Gasteiger partial charge in [0.1, 0.15) is 5.78 Å². The predicted octanol–water partition coefficient (Wildman–Crippen LogP) is 2.83. The molecule has 106 valence electrons. The molecule has 1 N–H and O–H groups in total. The predicted molar refractivity (Wildman–Crippen MR) is 73.6 cm³/mol. The van der Waals surface area contributed by atoms with Gasteiger partial charge in [0, 0.05) is 23.8 Å². The third-order valence-corrected chi connectivity index (χ3v) is 5.37. The first-order valence-electron chi connectivity index (χ1n) is 8.08. The molecule has 0 saturated heterocycles. The van der Waals surface area contributed by atoms with Crippen LogP contribution in [0.25, 0.3) is 0 Å². The van der Waals surface area contributed by atoms with E-state index >= 15 is 0 Å². The molecule has 3 rings (SSSR count). The minimum Gasteiger partial charge on any atom is -0.353 e. The molecule has 19 heavy (non-hydrogen) atoms. The van der Waals surface area contributed by atoms with E-state index in [1.165, 1.54) is 25.7 Å². The molecule has 2 atom stereocenters. The van der Waals surface area contributed by atoms with Crippen molar-refractivity contribution in [2.24, 2.45) is 17.8 Å². The van der Waals surface area contributed by atoms with E-state index in [9.17, 15) is 9.59 Å². The number of hydrogen-bond donors (Lipinski definition) is 1. The Kier molecular flexibility index (Phi) is 3.90. The van der Waals surface area contributed by atoms with Gasteiger partial charge in [0.25, 0.3) is 0 Å². The quantitative estimate of drug-likeness (QED) is 0.832. The fourth-order valence-corrected chi connectivity index (χ4v) is 4.26. The summed E-state index contributed by atoms with van der Waals surface area (Å²) in [4.78, 5) is 24.4. The highest BCUT2D eigenvalue weighted by molar-refractivity contribution is 5.88. The van der Waals surface area contributed by atoms with Crippen LogP contribution in [0, 0.1) is 17.8 Å². The summed E-state index contributed by atoms with van der Waals surface area (Å²) < 4.78 is 0. The zero-order valence-corrected chi connectivity index (χ0v) is 11.7. The lowest BCUT2D eigenvalue weighted by molar-refractivity contribution is -0.138. The van der Waals surface area contributed by atoms with Gasteiger partial charge in [-0.05, 0) is 38.5 Å². The first-order chi connectivity index (χ1) is 9.24. The average molecular weight is 263 g/mol. The normalized spacial score (nSPS) is 36.0. The van der Waals surface area contributed by atoms with Crippen LogP contribution in [0.3, 0.4) is 0 Å². The van der Waals surface area contributed by atoms with Crippen molar-refractivity contribution in [2.45, 2.75) is 70.3 Å². The van der Waals surface area contributed by atoms with Crippen molar-refractivity contribution < 1.29 is 9.59 Å². The van der Waals surface area contributed by atoms with E-state index in [2.05, 4.69) is 5.32 Å². The number of rotatable bonds is 2. The number of Topliss-reactive ketones (excluding diaryl/α,β-unsaturated/α-hetero) is 1. The average Bonchev–Trinajstić information content (AvgIpc) is 2.39. The molecule has 0 heterocycles. The van der Waals surface area contributed by atoms with Gasteiger partial charge in [-0.15, -0.1) is 0 Å². The van der Waals surface area contributed by atoms with E-state index < -0.39 is 0 Å². The summed E-state index contributed by atoms with van der Waals surface area (Å²) in [5, 5.41) is 3.24. The summed E-state index contributed by atoms with van der Waals surface area (Å²) in [5.74, 6) is 1.17. The molecule has 1 amide bonds. The zero-order chi connectivity index (χ0) is 13.2. The molecule has 0 radical (unpaired) electrons. The van der Waals surface area contributed by atoms with Gasteiger partial charge in [-0.1, -0.05) is 25.7 Å². The van der Waals surface area contributed by atoms with Crippen LogP contribution in [-0.4, -0.2) is 17.7 Å². The Morgan fingerprint density at radius 2 is 1.53 bits per heavy atom. The van der Waals surface area contributed by atoms with Crippen LogP contribution in [0.5, 0.6) is 0 Å². The van der Waals surface area contributed by atoms with Crippen LogP contribution in [0.2, 0.25) is 0 Å². The van der Waals surface area contributed by atoms with Gasteiger partial charge < -0.3 is 5.32 Å². The lowest BCUT2D eigenvalue weighted by atomic mass is 9.67. The number of carbonyl (C=O) groups is 2. The van der Waals surface area contributed by atoms with Crippen molar-refractivity contribution in [1.29, 1.82) is 0 Å². The molecule has 0 aliphatic heterocycles. The second kappa shape index (κ2) is 5.64. The van der Waals surface area contributed by atoms with Gasteiger partial charge in [-0.25, -0.2) is 0 Å². The fourth-order valence-electron chi connectivity index (χ4n) is 4.26. The Labute approximate surface area is 115 Å². The lowest BCUT2D eigenvalue weighted by Crippen LogP contribution is -2.45. The molecule has 3 saturated carbocycles. The van der Waals surface area contributed by atoms with Gasteiger partial charge in [-0.3, -0.25) is 9.59 Å². The molecule has 3 fully saturated rings. The lowest BCUT2D eigenvalue weighted by Gasteiger charge is -2.37. The Bertz CT molecular complexity index is 344. The Hall–Kier alpha value is -0.860. The molecule has 0 aromatic heterocycles. The monoisotopic (exact) mass is 263 g/mol. The van der Waals surface area contributed by atoms with Crippen molar-refractivity contribution in [3.63, 3.8) is 0 Å². The van der Waals surface area contributed by atoms with Crippen LogP contribution in [0.4, 0.5) is 0 Å². The third kappa shape index (κ3) is 2.85. The largest absolute Gasteiger partial charge is 0.353 e. The van der Waals surface area contributed by atoms with E-state index in [-0.39, 0.29) is 23.7 Å². The summed E-state index contributed by atoms with van der Waals surface area (Å²) in [6.45, 7) is 0. The SMILES string of the molecule is O=C(NC1CCCCC1)C1CC2CCCC(C1)C2=O. The molecule has 2 bridgehead atoms. The van der Waals surface area contributed by atoms with Crippen LogP contribution < -0.4 is 5.32 Å². The van der Waals surface area contributed by atoms with Gasteiger partial charge in [0.2, 0.25) is 5.91 Å². The maximum atomic E-state index is 12.4. The zero-order valence-electron chi connectivity index (χ0n) is 11.7. The molecule has 2 unspecified atom stereocenters. The summed E-state index contributed by atoms with van der Waals surface area (Å²) in [6, 6.07) is 0.402. The number of ketones is 1. The standard InChI is InChI=1S/C16H25NO2/c18-15-11-5-4-6-12(15)10-13(9-11)16(19)17-14-7-2-1-3-8-14/h11-14H,1-10H2,(H,17,19). The minimum absolute atomic E-state index is 0.106. The molecular weight excluding hydrogens is 238 g/mol. The Balaban J connectivity index is 1.56. The van der Waals surface area contributed by atoms with E-state index in [0.29, 0.717) is 11.8 Å². The molecule has 3 heteroatoms. The Morgan fingerprint density at radius 3 is 2.16 bits per heavy atom. The van der Waals surface area contributed by atoms with Crippen LogP contribution in [-0.2, 0) is 9.59 Å². The van der Waals surface area contributed by atoms with E-state index in [4.69, 9.17) is 0 Å². The van der Waals surface area contributed by atoms with Gasteiger partial charge in [0.15, 0.2) is 0 Å². The first-order valence-corrected chi connectivity index (χ1v) is 8.08. The highest BCUT2D eigenvalue weighted by Crippen LogP contribution is 2.40. The Morgan fingerprint density at radius 1 is 0.895 bits per heavy atom. The van der Waals surface area contributed by atoms with Crippen LogP contribution >= 0.6 is 0 Å². The van der Waals surface area contributed by atoms with Gasteiger partial charge >= 0.3 is 0 Å².